The van der Waals surface area contributed by atoms with Gasteiger partial charge in [-0.3, -0.25) is 0 Å². The molecule has 0 aliphatic carbocycles. The van der Waals surface area contributed by atoms with Gasteiger partial charge in [0.1, 0.15) is 5.82 Å². The summed E-state index contributed by atoms with van der Waals surface area (Å²) >= 11 is 0. The normalized spacial score (nSPS) is 19.1. The van der Waals surface area contributed by atoms with Gasteiger partial charge in [0.2, 0.25) is 5.88 Å². The predicted molar refractivity (Wildman–Crippen MR) is 76.5 cm³/mol. The van der Waals surface area contributed by atoms with Gasteiger partial charge in [0.15, 0.2) is 0 Å². The first kappa shape index (κ1) is 13.9. The van der Waals surface area contributed by atoms with E-state index in [-0.39, 0.29) is 0 Å². The molecule has 0 bridgehead atoms. The van der Waals surface area contributed by atoms with Crippen molar-refractivity contribution in [3.8, 4) is 5.88 Å². The van der Waals surface area contributed by atoms with Crippen LogP contribution < -0.4 is 15.8 Å². The number of hydrogen-bond acceptors (Lipinski definition) is 5. The minimum absolute atomic E-state index is 0.520. The van der Waals surface area contributed by atoms with Gasteiger partial charge < -0.3 is 20.5 Å². The highest BCUT2D eigenvalue weighted by atomic mass is 16.5. The summed E-state index contributed by atoms with van der Waals surface area (Å²) in [6, 6.07) is 3.72. The largest absolute Gasteiger partial charge is 0.476 e. The molecule has 1 aromatic rings. The molecule has 0 radical (unpaired) electrons. The fraction of sp³-hybridized carbons (Fsp3) is 0.643. The number of ether oxygens (including phenoxy) is 2. The first-order valence-electron chi connectivity index (χ1n) is 7.00. The smallest absolute Gasteiger partial charge is 0.239 e. The van der Waals surface area contributed by atoms with Gasteiger partial charge in [-0.25, -0.2) is 0 Å². The third-order valence-electron chi connectivity index (χ3n) is 3.16. The molecule has 2 rings (SSSR count). The maximum absolute atomic E-state index is 5.83. The molecule has 0 amide bonds. The molecule has 1 aliphatic heterocycles. The number of nitrogens with one attached hydrogen (secondary N) is 1. The molecule has 106 valence electrons. The molecule has 1 atom stereocenters. The van der Waals surface area contributed by atoms with E-state index in [2.05, 4.69) is 17.2 Å². The van der Waals surface area contributed by atoms with Crippen molar-refractivity contribution in [2.45, 2.75) is 26.2 Å². The summed E-state index contributed by atoms with van der Waals surface area (Å²) in [5, 5.41) is 3.33. The summed E-state index contributed by atoms with van der Waals surface area (Å²) in [5.41, 5.74) is 6.42. The molecule has 1 saturated heterocycles. The Morgan fingerprint density at radius 3 is 3.16 bits per heavy atom. The molecular weight excluding hydrogens is 242 g/mol. The Bertz CT molecular complexity index is 392. The zero-order valence-corrected chi connectivity index (χ0v) is 11.5. The van der Waals surface area contributed by atoms with E-state index in [0.29, 0.717) is 24.1 Å². The fourth-order valence-electron chi connectivity index (χ4n) is 2.08. The lowest BCUT2D eigenvalue weighted by molar-refractivity contribution is 0.0595. The van der Waals surface area contributed by atoms with E-state index in [1.807, 2.05) is 12.1 Å². The SMILES string of the molecule is CCCOc1nc(NCC2CCCOC2)ccc1N. The molecule has 1 aliphatic rings. The summed E-state index contributed by atoms with van der Waals surface area (Å²) in [6.45, 7) is 5.30. The average Bonchev–Trinajstić information content (AvgIpc) is 2.46. The zero-order valence-electron chi connectivity index (χ0n) is 11.5. The molecule has 5 heteroatoms. The first-order valence-corrected chi connectivity index (χ1v) is 7.00. The molecule has 2 heterocycles. The van der Waals surface area contributed by atoms with Crippen molar-refractivity contribution in [3.63, 3.8) is 0 Å². The second kappa shape index (κ2) is 7.19. The van der Waals surface area contributed by atoms with E-state index in [4.69, 9.17) is 15.2 Å². The molecule has 1 fully saturated rings. The van der Waals surface area contributed by atoms with Crippen LogP contribution in [0.3, 0.4) is 0 Å². The monoisotopic (exact) mass is 265 g/mol. The number of nitrogens with two attached hydrogens (primary N) is 1. The van der Waals surface area contributed by atoms with Crippen LogP contribution in [0, 0.1) is 5.92 Å². The lowest BCUT2D eigenvalue weighted by Crippen LogP contribution is -2.24. The highest BCUT2D eigenvalue weighted by Gasteiger charge is 2.14. The van der Waals surface area contributed by atoms with E-state index < -0.39 is 0 Å². The van der Waals surface area contributed by atoms with Gasteiger partial charge in [-0.1, -0.05) is 6.92 Å². The van der Waals surface area contributed by atoms with Gasteiger partial charge in [0, 0.05) is 13.2 Å². The molecule has 3 N–H and O–H groups in total. The molecule has 0 saturated carbocycles. The standard InChI is InChI=1S/C14H23N3O2/c1-2-7-19-14-12(15)5-6-13(17-14)16-9-11-4-3-8-18-10-11/h5-6,11H,2-4,7-10,15H2,1H3,(H,16,17). The highest BCUT2D eigenvalue weighted by molar-refractivity contribution is 5.53. The van der Waals surface area contributed by atoms with Crippen LogP contribution in [0.15, 0.2) is 12.1 Å². The van der Waals surface area contributed by atoms with Crippen molar-refractivity contribution in [2.75, 3.05) is 37.4 Å². The van der Waals surface area contributed by atoms with Gasteiger partial charge in [0.05, 0.1) is 18.9 Å². The van der Waals surface area contributed by atoms with Crippen LogP contribution in [0.1, 0.15) is 26.2 Å². The second-order valence-corrected chi connectivity index (χ2v) is 4.90. The lowest BCUT2D eigenvalue weighted by atomic mass is 10.0. The summed E-state index contributed by atoms with van der Waals surface area (Å²) in [5.74, 6) is 1.89. The topological polar surface area (TPSA) is 69.4 Å². The Morgan fingerprint density at radius 1 is 1.53 bits per heavy atom. The first-order chi connectivity index (χ1) is 9.29. The van der Waals surface area contributed by atoms with Gasteiger partial charge in [-0.2, -0.15) is 4.98 Å². The van der Waals surface area contributed by atoms with Crippen molar-refractivity contribution in [2.24, 2.45) is 5.92 Å². The molecule has 0 spiro atoms. The van der Waals surface area contributed by atoms with Gasteiger partial charge in [-0.05, 0) is 37.3 Å². The van der Waals surface area contributed by atoms with Crippen molar-refractivity contribution in [3.05, 3.63) is 12.1 Å². The third-order valence-corrected chi connectivity index (χ3v) is 3.16. The summed E-state index contributed by atoms with van der Waals surface area (Å²) in [7, 11) is 0. The molecule has 0 aromatic carbocycles. The molecule has 1 unspecified atom stereocenters. The Balaban J connectivity index is 1.88. The van der Waals surface area contributed by atoms with E-state index in [1.54, 1.807) is 0 Å². The summed E-state index contributed by atoms with van der Waals surface area (Å²) in [4.78, 5) is 4.40. The van der Waals surface area contributed by atoms with Crippen molar-refractivity contribution in [1.29, 1.82) is 0 Å². The van der Waals surface area contributed by atoms with Crippen LogP contribution in [0.25, 0.3) is 0 Å². The van der Waals surface area contributed by atoms with E-state index in [0.717, 1.165) is 38.4 Å². The van der Waals surface area contributed by atoms with Crippen molar-refractivity contribution in [1.82, 2.24) is 4.98 Å². The number of rotatable bonds is 6. The quantitative estimate of drug-likeness (QED) is 0.826. The van der Waals surface area contributed by atoms with Crippen LogP contribution in [0.4, 0.5) is 11.5 Å². The third kappa shape index (κ3) is 4.28. The van der Waals surface area contributed by atoms with Gasteiger partial charge in [0.25, 0.3) is 0 Å². The second-order valence-electron chi connectivity index (χ2n) is 4.90. The Morgan fingerprint density at radius 2 is 2.42 bits per heavy atom. The number of pyridine rings is 1. The summed E-state index contributed by atoms with van der Waals surface area (Å²) < 4.78 is 11.0. The maximum atomic E-state index is 5.83. The minimum atomic E-state index is 0.520. The Kier molecular flexibility index (Phi) is 5.27. The van der Waals surface area contributed by atoms with Crippen LogP contribution in [0.2, 0.25) is 0 Å². The molecule has 1 aromatic heterocycles. The number of anilines is 2. The molecule has 19 heavy (non-hydrogen) atoms. The molecular formula is C14H23N3O2. The Hall–Kier alpha value is -1.49. The minimum Gasteiger partial charge on any atom is -0.476 e. The zero-order chi connectivity index (χ0) is 13.5. The van der Waals surface area contributed by atoms with Crippen LogP contribution in [-0.2, 0) is 4.74 Å². The molecule has 5 nitrogen and oxygen atoms in total. The van der Waals surface area contributed by atoms with Gasteiger partial charge >= 0.3 is 0 Å². The van der Waals surface area contributed by atoms with E-state index in [1.165, 1.54) is 6.42 Å². The number of nitrogen functional groups attached to an aromatic ring is 1. The van der Waals surface area contributed by atoms with Crippen molar-refractivity contribution < 1.29 is 9.47 Å². The number of hydrogen-bond donors (Lipinski definition) is 2. The van der Waals surface area contributed by atoms with Crippen molar-refractivity contribution >= 4 is 11.5 Å². The number of aromatic nitrogens is 1. The maximum Gasteiger partial charge on any atom is 0.239 e. The van der Waals surface area contributed by atoms with Crippen LogP contribution >= 0.6 is 0 Å². The highest BCUT2D eigenvalue weighted by Crippen LogP contribution is 2.22. The lowest BCUT2D eigenvalue weighted by Gasteiger charge is -2.22. The van der Waals surface area contributed by atoms with Crippen LogP contribution in [0.5, 0.6) is 5.88 Å². The van der Waals surface area contributed by atoms with E-state index in [9.17, 15) is 0 Å². The predicted octanol–water partition coefficient (Wildman–Crippen LogP) is 2.29. The van der Waals surface area contributed by atoms with Gasteiger partial charge in [-0.15, -0.1) is 0 Å². The van der Waals surface area contributed by atoms with Crippen LogP contribution in [-0.4, -0.2) is 31.3 Å². The fourth-order valence-corrected chi connectivity index (χ4v) is 2.08. The van der Waals surface area contributed by atoms with E-state index >= 15 is 0 Å². The summed E-state index contributed by atoms with van der Waals surface area (Å²) in [6.07, 6.45) is 3.30. The number of nitrogens with zero attached hydrogens (tertiary/aromatic N) is 1. The average molecular weight is 265 g/mol. The Labute approximate surface area is 114 Å².